The average molecular weight is 274 g/mol. The second-order valence-corrected chi connectivity index (χ2v) is 6.13. The number of nitrogens with one attached hydrogen (secondary N) is 1. The van der Waals surface area contributed by atoms with Crippen molar-refractivity contribution < 1.29 is 4.74 Å². The Kier molecular flexibility index (Phi) is 4.71. The van der Waals surface area contributed by atoms with Crippen LogP contribution in [0.3, 0.4) is 0 Å². The largest absolute Gasteiger partial charge is 0.383 e. The van der Waals surface area contributed by atoms with Crippen molar-refractivity contribution in [3.8, 4) is 0 Å². The maximum Gasteiger partial charge on any atom is 0.0589 e. The Balaban J connectivity index is 1.39. The average Bonchev–Trinajstić information content (AvgIpc) is 3.27. The summed E-state index contributed by atoms with van der Waals surface area (Å²) in [6.07, 6.45) is 3.87. The van der Waals surface area contributed by atoms with E-state index in [1.54, 1.807) is 7.11 Å². The van der Waals surface area contributed by atoms with Crippen LogP contribution in [-0.4, -0.2) is 50.3 Å². The molecule has 2 aliphatic rings. The fourth-order valence-corrected chi connectivity index (χ4v) is 3.29. The summed E-state index contributed by atoms with van der Waals surface area (Å²) in [6.45, 7) is 4.36. The molecular formula is C17H26N2O. The second kappa shape index (κ2) is 6.70. The van der Waals surface area contributed by atoms with E-state index in [0.29, 0.717) is 12.1 Å². The minimum Gasteiger partial charge on any atom is -0.383 e. The van der Waals surface area contributed by atoms with Gasteiger partial charge in [0.25, 0.3) is 0 Å². The standard InChI is InChI=1S/C17H26N2O/c1-20-12-11-19-9-7-15(8-10-19)18-17-13-16(17)14-5-3-2-4-6-14/h2-6,15-18H,7-13H2,1H3/t16-,17+/m0/s1. The second-order valence-electron chi connectivity index (χ2n) is 6.13. The lowest BCUT2D eigenvalue weighted by Crippen LogP contribution is -2.44. The van der Waals surface area contributed by atoms with Gasteiger partial charge < -0.3 is 15.0 Å². The Morgan fingerprint density at radius 2 is 1.95 bits per heavy atom. The molecule has 0 bridgehead atoms. The van der Waals surface area contributed by atoms with Crippen molar-refractivity contribution in [1.82, 2.24) is 10.2 Å². The summed E-state index contributed by atoms with van der Waals surface area (Å²) >= 11 is 0. The van der Waals surface area contributed by atoms with E-state index in [4.69, 9.17) is 4.74 Å². The van der Waals surface area contributed by atoms with Crippen molar-refractivity contribution >= 4 is 0 Å². The molecule has 3 heteroatoms. The highest BCUT2D eigenvalue weighted by Gasteiger charge is 2.39. The van der Waals surface area contributed by atoms with Crippen molar-refractivity contribution in [2.45, 2.75) is 37.3 Å². The number of nitrogens with zero attached hydrogens (tertiary/aromatic N) is 1. The molecule has 0 spiro atoms. The lowest BCUT2D eigenvalue weighted by Gasteiger charge is -2.32. The molecule has 1 aromatic carbocycles. The fraction of sp³-hybridized carbons (Fsp3) is 0.647. The monoisotopic (exact) mass is 274 g/mol. The Bertz CT molecular complexity index is 401. The van der Waals surface area contributed by atoms with Crippen molar-refractivity contribution in [3.05, 3.63) is 35.9 Å². The first-order valence-electron chi connectivity index (χ1n) is 7.89. The van der Waals surface area contributed by atoms with Gasteiger partial charge in [-0.25, -0.2) is 0 Å². The summed E-state index contributed by atoms with van der Waals surface area (Å²) in [4.78, 5) is 2.52. The zero-order valence-electron chi connectivity index (χ0n) is 12.4. The van der Waals surface area contributed by atoms with E-state index in [0.717, 1.165) is 19.1 Å². The third kappa shape index (κ3) is 3.60. The minimum absolute atomic E-state index is 0.715. The van der Waals surface area contributed by atoms with Gasteiger partial charge in [0.15, 0.2) is 0 Å². The van der Waals surface area contributed by atoms with Gasteiger partial charge in [-0.05, 0) is 37.9 Å². The lowest BCUT2D eigenvalue weighted by molar-refractivity contribution is 0.126. The van der Waals surface area contributed by atoms with Crippen LogP contribution in [0.15, 0.2) is 30.3 Å². The van der Waals surface area contributed by atoms with Crippen LogP contribution in [0, 0.1) is 0 Å². The number of hydrogen-bond donors (Lipinski definition) is 1. The smallest absolute Gasteiger partial charge is 0.0589 e. The van der Waals surface area contributed by atoms with Gasteiger partial charge in [0, 0.05) is 31.7 Å². The molecule has 2 atom stereocenters. The van der Waals surface area contributed by atoms with Crippen molar-refractivity contribution in [2.24, 2.45) is 0 Å². The minimum atomic E-state index is 0.715. The highest BCUT2D eigenvalue weighted by Crippen LogP contribution is 2.41. The van der Waals surface area contributed by atoms with Crippen LogP contribution >= 0.6 is 0 Å². The van der Waals surface area contributed by atoms with Crippen LogP contribution in [0.1, 0.15) is 30.7 Å². The molecule has 110 valence electrons. The van der Waals surface area contributed by atoms with Gasteiger partial charge in [0.05, 0.1) is 6.61 Å². The van der Waals surface area contributed by atoms with Gasteiger partial charge in [-0.3, -0.25) is 0 Å². The van der Waals surface area contributed by atoms with Gasteiger partial charge >= 0.3 is 0 Å². The molecule has 0 aromatic heterocycles. The third-order valence-electron chi connectivity index (χ3n) is 4.67. The number of benzene rings is 1. The molecule has 20 heavy (non-hydrogen) atoms. The number of hydrogen-bond acceptors (Lipinski definition) is 3. The van der Waals surface area contributed by atoms with E-state index in [2.05, 4.69) is 40.5 Å². The Hall–Kier alpha value is -0.900. The molecule has 1 heterocycles. The first-order valence-corrected chi connectivity index (χ1v) is 7.89. The summed E-state index contributed by atoms with van der Waals surface area (Å²) in [6, 6.07) is 12.4. The maximum atomic E-state index is 5.15. The van der Waals surface area contributed by atoms with E-state index >= 15 is 0 Å². The van der Waals surface area contributed by atoms with Crippen molar-refractivity contribution in [1.29, 1.82) is 0 Å². The number of piperidine rings is 1. The van der Waals surface area contributed by atoms with Crippen LogP contribution in [0.4, 0.5) is 0 Å². The summed E-state index contributed by atoms with van der Waals surface area (Å²) in [5.41, 5.74) is 1.50. The molecule has 2 fully saturated rings. The van der Waals surface area contributed by atoms with E-state index in [9.17, 15) is 0 Å². The summed E-state index contributed by atoms with van der Waals surface area (Å²) in [5.74, 6) is 0.753. The molecule has 0 unspecified atom stereocenters. The Morgan fingerprint density at radius 1 is 1.20 bits per heavy atom. The predicted octanol–water partition coefficient (Wildman–Crippen LogP) is 2.24. The van der Waals surface area contributed by atoms with E-state index in [1.165, 1.54) is 37.9 Å². The number of rotatable bonds is 6. The van der Waals surface area contributed by atoms with Crippen LogP contribution in [-0.2, 0) is 4.74 Å². The summed E-state index contributed by atoms with van der Waals surface area (Å²) in [5, 5.41) is 3.86. The zero-order valence-corrected chi connectivity index (χ0v) is 12.4. The van der Waals surface area contributed by atoms with Gasteiger partial charge in [-0.1, -0.05) is 30.3 Å². The molecule has 1 saturated carbocycles. The fourth-order valence-electron chi connectivity index (χ4n) is 3.29. The van der Waals surface area contributed by atoms with E-state index in [1.807, 2.05) is 0 Å². The molecule has 0 radical (unpaired) electrons. The predicted molar refractivity (Wildman–Crippen MR) is 82.1 cm³/mol. The maximum absolute atomic E-state index is 5.15. The van der Waals surface area contributed by atoms with Crippen molar-refractivity contribution in [3.63, 3.8) is 0 Å². The van der Waals surface area contributed by atoms with Crippen LogP contribution < -0.4 is 5.32 Å². The van der Waals surface area contributed by atoms with Gasteiger partial charge in [0.2, 0.25) is 0 Å². The Morgan fingerprint density at radius 3 is 2.65 bits per heavy atom. The third-order valence-corrected chi connectivity index (χ3v) is 4.67. The summed E-state index contributed by atoms with van der Waals surface area (Å²) in [7, 11) is 1.78. The highest BCUT2D eigenvalue weighted by molar-refractivity contribution is 5.27. The van der Waals surface area contributed by atoms with Crippen LogP contribution in [0.5, 0.6) is 0 Å². The summed E-state index contributed by atoms with van der Waals surface area (Å²) < 4.78 is 5.15. The first kappa shape index (κ1) is 14.1. The molecule has 3 rings (SSSR count). The molecular weight excluding hydrogens is 248 g/mol. The molecule has 1 aromatic rings. The van der Waals surface area contributed by atoms with E-state index in [-0.39, 0.29) is 0 Å². The van der Waals surface area contributed by atoms with Gasteiger partial charge in [-0.15, -0.1) is 0 Å². The van der Waals surface area contributed by atoms with Gasteiger partial charge in [0.1, 0.15) is 0 Å². The highest BCUT2D eigenvalue weighted by atomic mass is 16.5. The normalized spacial score (nSPS) is 27.6. The van der Waals surface area contributed by atoms with Gasteiger partial charge in [-0.2, -0.15) is 0 Å². The van der Waals surface area contributed by atoms with E-state index < -0.39 is 0 Å². The molecule has 1 aliphatic carbocycles. The molecule has 1 saturated heterocycles. The SMILES string of the molecule is COCCN1CCC(N[C@@H]2C[C@H]2c2ccccc2)CC1. The molecule has 0 amide bonds. The van der Waals surface area contributed by atoms with Crippen LogP contribution in [0.25, 0.3) is 0 Å². The number of methoxy groups -OCH3 is 1. The number of likely N-dealkylation sites (tertiary alicyclic amines) is 1. The molecule has 1 aliphatic heterocycles. The molecule has 3 nitrogen and oxygen atoms in total. The van der Waals surface area contributed by atoms with Crippen molar-refractivity contribution in [2.75, 3.05) is 33.4 Å². The first-order chi connectivity index (χ1) is 9.86. The quantitative estimate of drug-likeness (QED) is 0.861. The number of ether oxygens (including phenoxy) is 1. The topological polar surface area (TPSA) is 24.5 Å². The lowest BCUT2D eigenvalue weighted by atomic mass is 10.0. The Labute approximate surface area is 122 Å². The zero-order chi connectivity index (χ0) is 13.8. The molecule has 1 N–H and O–H groups in total. The van der Waals surface area contributed by atoms with Crippen LogP contribution in [0.2, 0.25) is 0 Å².